The average Bonchev–Trinajstić information content (AvgIpc) is 3.03. The number of amides is 1. The van der Waals surface area contributed by atoms with E-state index in [1.165, 1.54) is 4.68 Å². The molecule has 1 saturated heterocycles. The van der Waals surface area contributed by atoms with Crippen molar-refractivity contribution in [1.82, 2.24) is 14.7 Å². The molecule has 1 atom stereocenters. The van der Waals surface area contributed by atoms with E-state index in [1.54, 1.807) is 13.8 Å². The van der Waals surface area contributed by atoms with E-state index in [-0.39, 0.29) is 17.6 Å². The maximum Gasteiger partial charge on any atom is 0.312 e. The molecule has 1 amide bonds. The summed E-state index contributed by atoms with van der Waals surface area (Å²) in [7, 11) is 0. The predicted octanol–water partition coefficient (Wildman–Crippen LogP) is 1.34. The molecule has 2 heterocycles. The van der Waals surface area contributed by atoms with Gasteiger partial charge in [0.1, 0.15) is 17.4 Å². The van der Waals surface area contributed by atoms with Gasteiger partial charge in [0.25, 0.3) is 0 Å². The Morgan fingerprint density at radius 1 is 1.32 bits per heavy atom. The molecule has 3 rings (SSSR count). The Labute approximate surface area is 110 Å². The van der Waals surface area contributed by atoms with E-state index in [0.29, 0.717) is 23.9 Å². The molecule has 1 unspecified atom stereocenters. The monoisotopic (exact) mass is 264 g/mol. The lowest BCUT2D eigenvalue weighted by molar-refractivity contribution is -0.386. The van der Waals surface area contributed by atoms with Crippen molar-refractivity contribution in [3.63, 3.8) is 0 Å². The minimum atomic E-state index is -0.424. The molecular weight excluding hydrogens is 248 g/mol. The zero-order chi connectivity index (χ0) is 13.7. The number of rotatable bonds is 3. The van der Waals surface area contributed by atoms with E-state index in [0.717, 1.165) is 19.4 Å². The molecule has 0 N–H and O–H groups in total. The molecule has 1 aliphatic heterocycles. The maximum atomic E-state index is 12.3. The third-order valence-corrected chi connectivity index (χ3v) is 3.96. The van der Waals surface area contributed by atoms with Crippen LogP contribution in [0.15, 0.2) is 0 Å². The highest BCUT2D eigenvalue weighted by Crippen LogP contribution is 2.36. The summed E-state index contributed by atoms with van der Waals surface area (Å²) in [5.41, 5.74) is 0.872. The van der Waals surface area contributed by atoms with Crippen molar-refractivity contribution >= 4 is 11.6 Å². The summed E-state index contributed by atoms with van der Waals surface area (Å²) in [5, 5.41) is 15.2. The Bertz CT molecular complexity index is 562. The molecule has 7 nitrogen and oxygen atoms in total. The molecule has 1 aliphatic carbocycles. The highest BCUT2D eigenvalue weighted by molar-refractivity contribution is 5.83. The topological polar surface area (TPSA) is 81.3 Å². The molecule has 7 heteroatoms. The number of hydrogen-bond donors (Lipinski definition) is 0. The van der Waals surface area contributed by atoms with Crippen molar-refractivity contribution < 1.29 is 9.72 Å². The van der Waals surface area contributed by atoms with Gasteiger partial charge in [-0.1, -0.05) is 0 Å². The molecule has 1 saturated carbocycles. The van der Waals surface area contributed by atoms with Gasteiger partial charge in [0.15, 0.2) is 0 Å². The molecule has 0 radical (unpaired) electrons. The average molecular weight is 264 g/mol. The van der Waals surface area contributed by atoms with Crippen LogP contribution < -0.4 is 0 Å². The second-order valence-corrected chi connectivity index (χ2v) is 5.29. The van der Waals surface area contributed by atoms with E-state index in [9.17, 15) is 14.9 Å². The van der Waals surface area contributed by atoms with Crippen LogP contribution in [0.5, 0.6) is 0 Å². The number of nitrogens with zero attached hydrogens (tertiary/aromatic N) is 4. The molecule has 19 heavy (non-hydrogen) atoms. The van der Waals surface area contributed by atoms with Gasteiger partial charge in [0, 0.05) is 12.6 Å². The van der Waals surface area contributed by atoms with Gasteiger partial charge in [-0.05, 0) is 33.1 Å². The Balaban J connectivity index is 1.93. The molecule has 0 aromatic carbocycles. The lowest BCUT2D eigenvalue weighted by Crippen LogP contribution is -2.30. The fourth-order valence-corrected chi connectivity index (χ4v) is 2.88. The SMILES string of the molecule is Cc1nn(C2CCN(C3CC3)C2=O)c(C)c1[N+](=O)[O-]. The van der Waals surface area contributed by atoms with Crippen LogP contribution in [0, 0.1) is 24.0 Å². The second-order valence-electron chi connectivity index (χ2n) is 5.29. The molecule has 0 spiro atoms. The quantitative estimate of drug-likeness (QED) is 0.609. The van der Waals surface area contributed by atoms with Gasteiger partial charge in [-0.25, -0.2) is 4.68 Å². The maximum absolute atomic E-state index is 12.3. The van der Waals surface area contributed by atoms with Crippen LogP contribution in [0.1, 0.15) is 36.7 Å². The van der Waals surface area contributed by atoms with Crippen LogP contribution in [0.4, 0.5) is 5.69 Å². The normalized spacial score (nSPS) is 23.2. The predicted molar refractivity (Wildman–Crippen MR) is 66.7 cm³/mol. The first kappa shape index (κ1) is 12.1. The standard InChI is InChI=1S/C12H16N4O3/c1-7-11(16(18)19)8(2)15(13-7)10-5-6-14(12(10)17)9-3-4-9/h9-10H,3-6H2,1-2H3. The minimum Gasteiger partial charge on any atom is -0.338 e. The number of carbonyl (C=O) groups is 1. The Hall–Kier alpha value is -1.92. The van der Waals surface area contributed by atoms with Crippen LogP contribution in [0.3, 0.4) is 0 Å². The zero-order valence-electron chi connectivity index (χ0n) is 11.0. The summed E-state index contributed by atoms with van der Waals surface area (Å²) in [6.45, 7) is 4.01. The van der Waals surface area contributed by atoms with Gasteiger partial charge in [0.05, 0.1) is 4.92 Å². The lowest BCUT2D eigenvalue weighted by Gasteiger charge is -2.16. The van der Waals surface area contributed by atoms with Crippen molar-refractivity contribution in [1.29, 1.82) is 0 Å². The van der Waals surface area contributed by atoms with Gasteiger partial charge in [-0.3, -0.25) is 14.9 Å². The fraction of sp³-hybridized carbons (Fsp3) is 0.667. The number of nitro groups is 1. The van der Waals surface area contributed by atoms with Crippen molar-refractivity contribution in [2.24, 2.45) is 0 Å². The molecule has 102 valence electrons. The highest BCUT2D eigenvalue weighted by Gasteiger charge is 2.42. The van der Waals surface area contributed by atoms with Crippen molar-refractivity contribution in [2.75, 3.05) is 6.54 Å². The summed E-state index contributed by atoms with van der Waals surface area (Å²) < 4.78 is 1.54. The first-order valence-electron chi connectivity index (χ1n) is 6.51. The lowest BCUT2D eigenvalue weighted by atomic mass is 10.2. The smallest absolute Gasteiger partial charge is 0.312 e. The van der Waals surface area contributed by atoms with Gasteiger partial charge in [-0.2, -0.15) is 5.10 Å². The van der Waals surface area contributed by atoms with Crippen LogP contribution in [0.25, 0.3) is 0 Å². The largest absolute Gasteiger partial charge is 0.338 e. The van der Waals surface area contributed by atoms with Crippen LogP contribution in [-0.2, 0) is 4.79 Å². The van der Waals surface area contributed by atoms with E-state index in [4.69, 9.17) is 0 Å². The summed E-state index contributed by atoms with van der Waals surface area (Å²) in [6.07, 6.45) is 2.85. The summed E-state index contributed by atoms with van der Waals surface area (Å²) in [5.74, 6) is 0.0583. The zero-order valence-corrected chi connectivity index (χ0v) is 11.0. The molecule has 1 aromatic heterocycles. The number of aryl methyl sites for hydroxylation is 1. The van der Waals surface area contributed by atoms with Crippen LogP contribution >= 0.6 is 0 Å². The molecule has 2 aliphatic rings. The Morgan fingerprint density at radius 3 is 2.53 bits per heavy atom. The van der Waals surface area contributed by atoms with Crippen molar-refractivity contribution in [2.45, 2.75) is 45.2 Å². The van der Waals surface area contributed by atoms with Gasteiger partial charge >= 0.3 is 5.69 Å². The molecule has 2 fully saturated rings. The Kier molecular flexibility index (Phi) is 2.58. The van der Waals surface area contributed by atoms with Gasteiger partial charge < -0.3 is 4.90 Å². The Morgan fingerprint density at radius 2 is 2.00 bits per heavy atom. The van der Waals surface area contributed by atoms with Gasteiger partial charge in [0.2, 0.25) is 5.91 Å². The highest BCUT2D eigenvalue weighted by atomic mass is 16.6. The van der Waals surface area contributed by atoms with Crippen LogP contribution in [0.2, 0.25) is 0 Å². The molecule has 0 bridgehead atoms. The summed E-state index contributed by atoms with van der Waals surface area (Å²) in [4.78, 5) is 24.8. The van der Waals surface area contributed by atoms with Crippen molar-refractivity contribution in [3.8, 4) is 0 Å². The summed E-state index contributed by atoms with van der Waals surface area (Å²) in [6, 6.07) is 0.0254. The number of carbonyl (C=O) groups excluding carboxylic acids is 1. The summed E-state index contributed by atoms with van der Waals surface area (Å²) >= 11 is 0. The molecular formula is C12H16N4O3. The first-order chi connectivity index (χ1) is 9.00. The number of likely N-dealkylation sites (tertiary alicyclic amines) is 1. The first-order valence-corrected chi connectivity index (χ1v) is 6.51. The fourth-order valence-electron chi connectivity index (χ4n) is 2.88. The second kappa shape index (κ2) is 4.04. The third kappa shape index (κ3) is 1.80. The van der Waals surface area contributed by atoms with E-state index in [1.807, 2.05) is 4.90 Å². The number of aromatic nitrogens is 2. The van der Waals surface area contributed by atoms with Gasteiger partial charge in [-0.15, -0.1) is 0 Å². The minimum absolute atomic E-state index is 0.0256. The third-order valence-electron chi connectivity index (χ3n) is 3.96. The number of hydrogen-bond acceptors (Lipinski definition) is 4. The van der Waals surface area contributed by atoms with Crippen LogP contribution in [-0.4, -0.2) is 38.1 Å². The van der Waals surface area contributed by atoms with E-state index >= 15 is 0 Å². The van der Waals surface area contributed by atoms with E-state index < -0.39 is 4.92 Å². The molecule has 1 aromatic rings. The van der Waals surface area contributed by atoms with E-state index in [2.05, 4.69) is 5.10 Å². The van der Waals surface area contributed by atoms with Crippen molar-refractivity contribution in [3.05, 3.63) is 21.5 Å².